The summed E-state index contributed by atoms with van der Waals surface area (Å²) in [6.45, 7) is 0. The molecule has 0 N–H and O–H groups in total. The smallest absolute Gasteiger partial charge is 0.153 e. The maximum Gasteiger partial charge on any atom is 0.153 e. The summed E-state index contributed by atoms with van der Waals surface area (Å²) in [4.78, 5) is 4.03. The second-order valence-electron chi connectivity index (χ2n) is 2.55. The summed E-state index contributed by atoms with van der Waals surface area (Å²) >= 11 is 9.28. The molecule has 0 bridgehead atoms. The van der Waals surface area contributed by atoms with Crippen LogP contribution in [0.2, 0.25) is 5.15 Å². The van der Waals surface area contributed by atoms with Crippen LogP contribution < -0.4 is 0 Å². The van der Waals surface area contributed by atoms with Crippen molar-refractivity contribution in [1.82, 2.24) is 9.55 Å². The van der Waals surface area contributed by atoms with Crippen molar-refractivity contribution in [3.63, 3.8) is 0 Å². The van der Waals surface area contributed by atoms with Gasteiger partial charge in [0, 0.05) is 23.1 Å². The molecule has 2 aromatic rings. The minimum atomic E-state index is 0.499. The molecule has 2 heterocycles. The Kier molecular flexibility index (Phi) is 2.38. The first-order chi connectivity index (χ1) is 6.27. The van der Waals surface area contributed by atoms with Crippen LogP contribution in [0.1, 0.15) is 0 Å². The molecule has 0 saturated heterocycles. The van der Waals surface area contributed by atoms with Crippen LogP contribution in [0, 0.1) is 0 Å². The van der Waals surface area contributed by atoms with Crippen LogP contribution in [0.15, 0.2) is 41.3 Å². The second-order valence-corrected chi connectivity index (χ2v) is 3.83. The highest BCUT2D eigenvalue weighted by Gasteiger charge is 2.02. The summed E-state index contributed by atoms with van der Waals surface area (Å²) in [5, 5.41) is 0.499. The van der Waals surface area contributed by atoms with Crippen LogP contribution >= 0.6 is 27.5 Å². The van der Waals surface area contributed by atoms with Gasteiger partial charge >= 0.3 is 0 Å². The molecule has 0 unspecified atom stereocenters. The van der Waals surface area contributed by atoms with Crippen LogP contribution in [0.25, 0.3) is 5.69 Å². The first-order valence-electron chi connectivity index (χ1n) is 3.72. The highest BCUT2D eigenvalue weighted by Crippen LogP contribution is 2.21. The zero-order chi connectivity index (χ0) is 9.26. The number of hydrogen-bond acceptors (Lipinski definition) is 1. The minimum Gasteiger partial charge on any atom is -0.321 e. The van der Waals surface area contributed by atoms with Crippen LogP contribution in [-0.2, 0) is 0 Å². The maximum absolute atomic E-state index is 5.93. The molecular formula is C9H6BrClN2. The Balaban J connectivity index is 2.57. The van der Waals surface area contributed by atoms with Gasteiger partial charge in [-0.2, -0.15) is 0 Å². The summed E-state index contributed by atoms with van der Waals surface area (Å²) in [5.41, 5.74) is 0.876. The van der Waals surface area contributed by atoms with E-state index in [0.717, 1.165) is 10.2 Å². The third-order valence-electron chi connectivity index (χ3n) is 1.67. The fourth-order valence-electron chi connectivity index (χ4n) is 1.09. The molecule has 2 aromatic heterocycles. The van der Waals surface area contributed by atoms with Gasteiger partial charge in [0.1, 0.15) is 0 Å². The van der Waals surface area contributed by atoms with E-state index in [1.54, 1.807) is 6.20 Å². The predicted molar refractivity (Wildman–Crippen MR) is 56.3 cm³/mol. The standard InChI is InChI=1S/C9H6BrClN2/c10-7-5-8(9(11)12-6-7)13-3-1-2-4-13/h1-6H. The quantitative estimate of drug-likeness (QED) is 0.717. The fourth-order valence-corrected chi connectivity index (χ4v) is 1.61. The fraction of sp³-hybridized carbons (Fsp3) is 0. The van der Waals surface area contributed by atoms with E-state index in [9.17, 15) is 0 Å². The Morgan fingerprint density at radius 2 is 2.00 bits per heavy atom. The van der Waals surface area contributed by atoms with Crippen molar-refractivity contribution >= 4 is 27.5 Å². The first-order valence-corrected chi connectivity index (χ1v) is 4.89. The minimum absolute atomic E-state index is 0.499. The van der Waals surface area contributed by atoms with Gasteiger partial charge in [0.05, 0.1) is 5.69 Å². The Labute approximate surface area is 89.3 Å². The highest BCUT2D eigenvalue weighted by atomic mass is 79.9. The lowest BCUT2D eigenvalue weighted by molar-refractivity contribution is 1.06. The molecule has 0 aliphatic heterocycles. The molecule has 66 valence electrons. The van der Waals surface area contributed by atoms with Gasteiger partial charge in [0.15, 0.2) is 5.15 Å². The van der Waals surface area contributed by atoms with Crippen molar-refractivity contribution in [3.8, 4) is 5.69 Å². The maximum atomic E-state index is 5.93. The Hall–Kier alpha value is -0.800. The molecule has 0 atom stereocenters. The van der Waals surface area contributed by atoms with Crippen LogP contribution in [0.5, 0.6) is 0 Å². The molecule has 0 aromatic carbocycles. The largest absolute Gasteiger partial charge is 0.321 e. The van der Waals surface area contributed by atoms with Gasteiger partial charge in [-0.05, 0) is 34.1 Å². The number of nitrogens with zero attached hydrogens (tertiary/aromatic N) is 2. The van der Waals surface area contributed by atoms with Gasteiger partial charge in [-0.15, -0.1) is 0 Å². The number of aromatic nitrogens is 2. The first kappa shape index (κ1) is 8.78. The molecule has 2 nitrogen and oxygen atoms in total. The van der Waals surface area contributed by atoms with Gasteiger partial charge in [-0.3, -0.25) is 0 Å². The molecular weight excluding hydrogens is 251 g/mol. The third-order valence-corrected chi connectivity index (χ3v) is 2.39. The summed E-state index contributed by atoms with van der Waals surface area (Å²) in [6.07, 6.45) is 5.53. The zero-order valence-corrected chi connectivity index (χ0v) is 8.96. The van der Waals surface area contributed by atoms with Crippen LogP contribution in [0.4, 0.5) is 0 Å². The van der Waals surface area contributed by atoms with E-state index >= 15 is 0 Å². The van der Waals surface area contributed by atoms with Crippen LogP contribution in [0.3, 0.4) is 0 Å². The van der Waals surface area contributed by atoms with Gasteiger partial charge in [0.2, 0.25) is 0 Å². The Morgan fingerprint density at radius 1 is 1.31 bits per heavy atom. The van der Waals surface area contributed by atoms with E-state index in [2.05, 4.69) is 20.9 Å². The molecule has 0 saturated carbocycles. The lowest BCUT2D eigenvalue weighted by atomic mass is 10.4. The third kappa shape index (κ3) is 1.76. The van der Waals surface area contributed by atoms with Gasteiger partial charge < -0.3 is 4.57 Å². The van der Waals surface area contributed by atoms with Crippen molar-refractivity contribution in [1.29, 1.82) is 0 Å². The Morgan fingerprint density at radius 3 is 2.69 bits per heavy atom. The summed E-state index contributed by atoms with van der Waals surface area (Å²) < 4.78 is 2.83. The van der Waals surface area contributed by atoms with Gasteiger partial charge in [-0.25, -0.2) is 4.98 Å². The van der Waals surface area contributed by atoms with Crippen molar-refractivity contribution in [3.05, 3.63) is 46.4 Å². The van der Waals surface area contributed by atoms with Crippen molar-refractivity contribution < 1.29 is 0 Å². The molecule has 2 rings (SSSR count). The summed E-state index contributed by atoms with van der Waals surface area (Å²) in [6, 6.07) is 5.81. The molecule has 0 radical (unpaired) electrons. The predicted octanol–water partition coefficient (Wildman–Crippen LogP) is 3.29. The number of rotatable bonds is 1. The topological polar surface area (TPSA) is 17.8 Å². The van der Waals surface area contributed by atoms with E-state index in [4.69, 9.17) is 11.6 Å². The van der Waals surface area contributed by atoms with Crippen molar-refractivity contribution in [2.24, 2.45) is 0 Å². The van der Waals surface area contributed by atoms with E-state index in [1.807, 2.05) is 35.2 Å². The van der Waals surface area contributed by atoms with Gasteiger partial charge in [0.25, 0.3) is 0 Å². The lowest BCUT2D eigenvalue weighted by Gasteiger charge is -2.04. The highest BCUT2D eigenvalue weighted by molar-refractivity contribution is 9.10. The lowest BCUT2D eigenvalue weighted by Crippen LogP contribution is -1.92. The Bertz CT molecular complexity index is 412. The van der Waals surface area contributed by atoms with E-state index in [1.165, 1.54) is 0 Å². The normalized spacial score (nSPS) is 10.3. The molecule has 13 heavy (non-hydrogen) atoms. The van der Waals surface area contributed by atoms with Crippen molar-refractivity contribution in [2.75, 3.05) is 0 Å². The summed E-state index contributed by atoms with van der Waals surface area (Å²) in [5.74, 6) is 0. The molecule has 0 fully saturated rings. The number of pyridine rings is 1. The molecule has 0 aliphatic rings. The molecule has 0 aliphatic carbocycles. The number of hydrogen-bond donors (Lipinski definition) is 0. The van der Waals surface area contributed by atoms with E-state index < -0.39 is 0 Å². The van der Waals surface area contributed by atoms with E-state index in [0.29, 0.717) is 5.15 Å². The summed E-state index contributed by atoms with van der Waals surface area (Å²) in [7, 11) is 0. The van der Waals surface area contributed by atoms with Crippen LogP contribution in [-0.4, -0.2) is 9.55 Å². The van der Waals surface area contributed by atoms with Crippen molar-refractivity contribution in [2.45, 2.75) is 0 Å². The average molecular weight is 258 g/mol. The molecule has 0 spiro atoms. The second kappa shape index (κ2) is 3.52. The monoisotopic (exact) mass is 256 g/mol. The number of halogens is 2. The molecule has 0 amide bonds. The zero-order valence-electron chi connectivity index (χ0n) is 6.61. The molecule has 4 heteroatoms. The average Bonchev–Trinajstić information content (AvgIpc) is 2.61. The SMILES string of the molecule is Clc1ncc(Br)cc1-n1cccc1. The van der Waals surface area contributed by atoms with Gasteiger partial charge in [-0.1, -0.05) is 11.6 Å². The van der Waals surface area contributed by atoms with E-state index in [-0.39, 0.29) is 0 Å².